The van der Waals surface area contributed by atoms with Gasteiger partial charge in [-0.2, -0.15) is 0 Å². The van der Waals surface area contributed by atoms with E-state index >= 15 is 0 Å². The van der Waals surface area contributed by atoms with Gasteiger partial charge in [0, 0.05) is 6.42 Å². The predicted molar refractivity (Wildman–Crippen MR) is 212 cm³/mol. The van der Waals surface area contributed by atoms with Crippen molar-refractivity contribution < 1.29 is 15.0 Å². The molecule has 48 heavy (non-hydrogen) atoms. The Morgan fingerprint density at radius 3 is 1.19 bits per heavy atom. The molecule has 1 amide bonds. The molecule has 0 aliphatic rings. The summed E-state index contributed by atoms with van der Waals surface area (Å²) in [6.07, 6.45) is 52.6. The number of aliphatic hydroxyl groups is 2. The molecule has 3 N–H and O–H groups in total. The molecule has 2 unspecified atom stereocenters. The molecule has 0 saturated carbocycles. The molecule has 4 nitrogen and oxygen atoms in total. The maximum atomic E-state index is 12.3. The van der Waals surface area contributed by atoms with Gasteiger partial charge in [-0.3, -0.25) is 4.79 Å². The van der Waals surface area contributed by atoms with Crippen LogP contribution in [-0.2, 0) is 4.79 Å². The molecule has 0 bridgehead atoms. The first kappa shape index (κ1) is 46.6. The first-order valence-corrected chi connectivity index (χ1v) is 21.2. The molecular weight excluding hydrogens is 590 g/mol. The van der Waals surface area contributed by atoms with Crippen LogP contribution in [-0.4, -0.2) is 34.9 Å². The van der Waals surface area contributed by atoms with Crippen molar-refractivity contribution in [1.82, 2.24) is 5.32 Å². The minimum Gasteiger partial charge on any atom is -0.394 e. The molecule has 0 aromatic carbocycles. The number of aliphatic hydroxyl groups excluding tert-OH is 2. The van der Waals surface area contributed by atoms with Crippen LogP contribution >= 0.6 is 0 Å². The maximum absolute atomic E-state index is 12.3. The summed E-state index contributed by atoms with van der Waals surface area (Å²) in [6, 6.07) is -0.641. The summed E-state index contributed by atoms with van der Waals surface area (Å²) in [5.74, 6) is -0.0769. The zero-order chi connectivity index (χ0) is 35.0. The van der Waals surface area contributed by atoms with Gasteiger partial charge in [-0.15, -0.1) is 0 Å². The minimum absolute atomic E-state index is 0.0769. The summed E-state index contributed by atoms with van der Waals surface area (Å²) in [5, 5.41) is 22.9. The van der Waals surface area contributed by atoms with Gasteiger partial charge in [0.05, 0.1) is 18.8 Å². The summed E-state index contributed by atoms with van der Waals surface area (Å²) in [5.41, 5.74) is 0. The van der Waals surface area contributed by atoms with Crippen LogP contribution in [0.5, 0.6) is 0 Å². The molecular formula is C44H83NO3. The molecule has 0 aromatic rings. The van der Waals surface area contributed by atoms with Gasteiger partial charge in [-0.25, -0.2) is 0 Å². The molecule has 2 atom stereocenters. The molecule has 0 aliphatic carbocycles. The number of unbranched alkanes of at least 4 members (excludes halogenated alkanes) is 27. The zero-order valence-corrected chi connectivity index (χ0v) is 32.3. The maximum Gasteiger partial charge on any atom is 0.220 e. The fourth-order valence-corrected chi connectivity index (χ4v) is 6.31. The van der Waals surface area contributed by atoms with Gasteiger partial charge in [0.25, 0.3) is 0 Å². The van der Waals surface area contributed by atoms with Crippen molar-refractivity contribution in [2.45, 2.75) is 231 Å². The van der Waals surface area contributed by atoms with E-state index in [1.54, 1.807) is 6.08 Å². The highest BCUT2D eigenvalue weighted by Crippen LogP contribution is 2.16. The Bertz CT molecular complexity index is 731. The number of allylic oxidation sites excluding steroid dienone is 5. The third kappa shape index (κ3) is 35.9. The second kappa shape index (κ2) is 40.0. The number of carbonyl (C=O) groups excluding carboxylic acids is 1. The lowest BCUT2D eigenvalue weighted by molar-refractivity contribution is -0.123. The Balaban J connectivity index is 3.52. The second-order valence-electron chi connectivity index (χ2n) is 14.4. The number of hydrogen-bond donors (Lipinski definition) is 3. The molecule has 0 heterocycles. The first-order valence-electron chi connectivity index (χ1n) is 21.2. The lowest BCUT2D eigenvalue weighted by atomic mass is 10.0. The second-order valence-corrected chi connectivity index (χ2v) is 14.4. The Hall–Kier alpha value is -1.39. The number of carbonyl (C=O) groups is 1. The van der Waals surface area contributed by atoms with Crippen LogP contribution in [0.2, 0.25) is 0 Å². The van der Waals surface area contributed by atoms with Crippen molar-refractivity contribution in [2.75, 3.05) is 6.61 Å². The van der Waals surface area contributed by atoms with Gasteiger partial charge >= 0.3 is 0 Å². The fourth-order valence-electron chi connectivity index (χ4n) is 6.31. The third-order valence-corrected chi connectivity index (χ3v) is 9.60. The molecule has 0 radical (unpaired) electrons. The smallest absolute Gasteiger partial charge is 0.220 e. The largest absolute Gasteiger partial charge is 0.394 e. The highest BCUT2D eigenvalue weighted by atomic mass is 16.3. The highest BCUT2D eigenvalue weighted by Gasteiger charge is 2.17. The first-order chi connectivity index (χ1) is 23.7. The number of rotatable bonds is 38. The van der Waals surface area contributed by atoms with E-state index in [0.717, 1.165) is 38.5 Å². The summed E-state index contributed by atoms with van der Waals surface area (Å²) in [4.78, 5) is 12.3. The van der Waals surface area contributed by atoms with Crippen molar-refractivity contribution in [3.63, 3.8) is 0 Å². The lowest BCUT2D eigenvalue weighted by Gasteiger charge is -2.19. The highest BCUT2D eigenvalue weighted by molar-refractivity contribution is 5.76. The van der Waals surface area contributed by atoms with Crippen LogP contribution in [0.1, 0.15) is 219 Å². The van der Waals surface area contributed by atoms with Gasteiger partial charge in [0.15, 0.2) is 0 Å². The van der Waals surface area contributed by atoms with E-state index in [1.165, 1.54) is 161 Å². The van der Waals surface area contributed by atoms with Crippen molar-refractivity contribution in [1.29, 1.82) is 0 Å². The van der Waals surface area contributed by atoms with Crippen LogP contribution in [0.4, 0.5) is 0 Å². The molecule has 4 heteroatoms. The topological polar surface area (TPSA) is 69.6 Å². The van der Waals surface area contributed by atoms with E-state index in [9.17, 15) is 15.0 Å². The van der Waals surface area contributed by atoms with Gasteiger partial charge in [0.1, 0.15) is 0 Å². The molecule has 0 saturated heterocycles. The zero-order valence-electron chi connectivity index (χ0n) is 32.3. The third-order valence-electron chi connectivity index (χ3n) is 9.60. The van der Waals surface area contributed by atoms with Crippen molar-refractivity contribution in [3.05, 3.63) is 36.5 Å². The van der Waals surface area contributed by atoms with Gasteiger partial charge in [-0.1, -0.05) is 211 Å². The summed E-state index contributed by atoms with van der Waals surface area (Å²) in [7, 11) is 0. The van der Waals surface area contributed by atoms with E-state index in [0.29, 0.717) is 6.42 Å². The SMILES string of the molecule is CCCC/C=C/CC/C=C/CC/C=C/C(O)C(CO)NC(=O)CCCCCCCCCCCCCCCCCCCCCCCCCC. The Kier molecular flexibility index (Phi) is 38.9. The molecule has 0 fully saturated rings. The lowest BCUT2D eigenvalue weighted by Crippen LogP contribution is -2.45. The van der Waals surface area contributed by atoms with E-state index < -0.39 is 12.1 Å². The van der Waals surface area contributed by atoms with Crippen LogP contribution < -0.4 is 5.32 Å². The van der Waals surface area contributed by atoms with Crippen LogP contribution in [0.3, 0.4) is 0 Å². The van der Waals surface area contributed by atoms with E-state index in [1.807, 2.05) is 6.08 Å². The average molecular weight is 674 g/mol. The number of hydrogen-bond acceptors (Lipinski definition) is 3. The van der Waals surface area contributed by atoms with Crippen molar-refractivity contribution in [2.24, 2.45) is 0 Å². The summed E-state index contributed by atoms with van der Waals surface area (Å²) < 4.78 is 0. The molecule has 0 aromatic heterocycles. The van der Waals surface area contributed by atoms with Crippen molar-refractivity contribution in [3.8, 4) is 0 Å². The Labute approximate surface area is 300 Å². The van der Waals surface area contributed by atoms with E-state index in [2.05, 4.69) is 43.5 Å². The summed E-state index contributed by atoms with van der Waals surface area (Å²) in [6.45, 7) is 4.25. The molecule has 0 aliphatic heterocycles. The summed E-state index contributed by atoms with van der Waals surface area (Å²) >= 11 is 0. The van der Waals surface area contributed by atoms with E-state index in [-0.39, 0.29) is 12.5 Å². The van der Waals surface area contributed by atoms with Gasteiger partial charge < -0.3 is 15.5 Å². The van der Waals surface area contributed by atoms with Gasteiger partial charge in [-0.05, 0) is 38.5 Å². The Morgan fingerprint density at radius 2 is 0.812 bits per heavy atom. The number of nitrogens with one attached hydrogen (secondary N) is 1. The fraction of sp³-hybridized carbons (Fsp3) is 0.841. The quantitative estimate of drug-likeness (QED) is 0.0451. The Morgan fingerprint density at radius 1 is 0.479 bits per heavy atom. The number of amides is 1. The standard InChI is InChI=1S/C44H83NO3/c1-3-5-7-9-11-13-15-17-18-19-20-21-22-23-24-25-26-27-28-30-32-34-36-38-40-44(48)45-42(41-46)43(47)39-37-35-33-31-29-16-14-12-10-8-6-4-2/h10,12,29,31,37,39,42-43,46-47H,3-9,11,13-28,30,32-36,38,40-41H2,1-2H3,(H,45,48)/b12-10+,31-29+,39-37+. The molecule has 0 spiro atoms. The minimum atomic E-state index is -0.865. The van der Waals surface area contributed by atoms with Crippen LogP contribution in [0.15, 0.2) is 36.5 Å². The average Bonchev–Trinajstić information content (AvgIpc) is 3.09. The van der Waals surface area contributed by atoms with Crippen LogP contribution in [0.25, 0.3) is 0 Å². The normalized spacial score (nSPS) is 13.3. The van der Waals surface area contributed by atoms with Crippen molar-refractivity contribution >= 4 is 5.91 Å². The van der Waals surface area contributed by atoms with Crippen LogP contribution in [0, 0.1) is 0 Å². The van der Waals surface area contributed by atoms with Gasteiger partial charge in [0.2, 0.25) is 5.91 Å². The van der Waals surface area contributed by atoms with E-state index in [4.69, 9.17) is 0 Å². The monoisotopic (exact) mass is 674 g/mol. The molecule has 0 rings (SSSR count). The predicted octanol–water partition coefficient (Wildman–Crippen LogP) is 13.0. The molecule has 282 valence electrons.